The fourth-order valence-electron chi connectivity index (χ4n) is 2.28. The summed E-state index contributed by atoms with van der Waals surface area (Å²) in [4.78, 5) is 12.0. The summed E-state index contributed by atoms with van der Waals surface area (Å²) < 4.78 is 28.4. The summed E-state index contributed by atoms with van der Waals surface area (Å²) in [5, 5.41) is 2.82. The number of halogens is 2. The van der Waals surface area contributed by atoms with Crippen molar-refractivity contribution in [1.82, 2.24) is 5.32 Å². The molecule has 0 radical (unpaired) electrons. The minimum Gasteiger partial charge on any atom is -0.435 e. The molecule has 0 fully saturated rings. The second-order valence-electron chi connectivity index (χ2n) is 5.81. The summed E-state index contributed by atoms with van der Waals surface area (Å²) in [6.07, 6.45) is 0.733. The van der Waals surface area contributed by atoms with E-state index in [2.05, 4.69) is 48.2 Å². The summed E-state index contributed by atoms with van der Waals surface area (Å²) in [7, 11) is 0. The molecule has 2 aromatic rings. The summed E-state index contributed by atoms with van der Waals surface area (Å²) in [5.74, 6) is 0.292. The lowest BCUT2D eigenvalue weighted by Gasteiger charge is -2.09. The largest absolute Gasteiger partial charge is 0.435 e. The number of ether oxygens (including phenoxy) is 1. The molecule has 0 atom stereocenters. The zero-order valence-corrected chi connectivity index (χ0v) is 13.8. The fraction of sp³-hybridized carbons (Fsp3) is 0.316. The summed E-state index contributed by atoms with van der Waals surface area (Å²) in [5.41, 5.74) is 2.85. The van der Waals surface area contributed by atoms with E-state index in [1.165, 1.54) is 29.8 Å². The van der Waals surface area contributed by atoms with E-state index in [-0.39, 0.29) is 11.7 Å². The normalized spacial score (nSPS) is 10.9. The van der Waals surface area contributed by atoms with Gasteiger partial charge < -0.3 is 10.1 Å². The molecule has 0 heterocycles. The molecule has 0 aliphatic heterocycles. The number of amides is 1. The smallest absolute Gasteiger partial charge is 0.387 e. The molecule has 2 rings (SSSR count). The maximum atomic E-state index is 12.1. The molecule has 1 N–H and O–H groups in total. The third-order valence-corrected chi connectivity index (χ3v) is 3.69. The van der Waals surface area contributed by atoms with E-state index in [1.807, 2.05) is 0 Å². The van der Waals surface area contributed by atoms with Crippen LogP contribution in [0.2, 0.25) is 0 Å². The van der Waals surface area contributed by atoms with Gasteiger partial charge in [0.15, 0.2) is 0 Å². The molecule has 128 valence electrons. The Morgan fingerprint density at radius 2 is 1.67 bits per heavy atom. The van der Waals surface area contributed by atoms with Gasteiger partial charge in [0.1, 0.15) is 5.75 Å². The molecule has 0 saturated carbocycles. The Hall–Kier alpha value is -2.43. The van der Waals surface area contributed by atoms with Crippen molar-refractivity contribution in [2.24, 2.45) is 0 Å². The number of hydrogen-bond donors (Lipinski definition) is 1. The zero-order chi connectivity index (χ0) is 17.5. The van der Waals surface area contributed by atoms with Gasteiger partial charge in [0, 0.05) is 12.1 Å². The van der Waals surface area contributed by atoms with Gasteiger partial charge in [0.25, 0.3) is 5.91 Å². The third kappa shape index (κ3) is 5.33. The molecule has 0 aromatic heterocycles. The van der Waals surface area contributed by atoms with Gasteiger partial charge in [-0.3, -0.25) is 4.79 Å². The Bertz CT molecular complexity index is 652. The van der Waals surface area contributed by atoms with Crippen LogP contribution in [-0.4, -0.2) is 19.1 Å². The van der Waals surface area contributed by atoms with E-state index in [4.69, 9.17) is 0 Å². The molecule has 3 nitrogen and oxygen atoms in total. The van der Waals surface area contributed by atoms with Gasteiger partial charge in [-0.1, -0.05) is 38.1 Å². The summed E-state index contributed by atoms with van der Waals surface area (Å²) in [6, 6.07) is 14.0. The van der Waals surface area contributed by atoms with E-state index in [1.54, 1.807) is 0 Å². The van der Waals surface area contributed by atoms with Crippen molar-refractivity contribution in [3.8, 4) is 5.75 Å². The fourth-order valence-corrected chi connectivity index (χ4v) is 2.28. The lowest BCUT2D eigenvalue weighted by molar-refractivity contribution is -0.0498. The van der Waals surface area contributed by atoms with Gasteiger partial charge in [-0.15, -0.1) is 0 Å². The molecule has 0 aliphatic carbocycles. The number of carbonyl (C=O) groups excluding carboxylic acids is 1. The number of alkyl halides is 2. The SMILES string of the molecule is CC(C)c1ccc(CCNC(=O)c2ccc(OC(F)F)cc2)cc1. The Kier molecular flexibility index (Phi) is 6.29. The van der Waals surface area contributed by atoms with Gasteiger partial charge in [0.05, 0.1) is 0 Å². The highest BCUT2D eigenvalue weighted by Crippen LogP contribution is 2.16. The highest BCUT2D eigenvalue weighted by Gasteiger charge is 2.08. The maximum absolute atomic E-state index is 12.1. The molecule has 5 heteroatoms. The van der Waals surface area contributed by atoms with Crippen LogP contribution in [0.15, 0.2) is 48.5 Å². The van der Waals surface area contributed by atoms with Crippen molar-refractivity contribution in [2.75, 3.05) is 6.54 Å². The van der Waals surface area contributed by atoms with Crippen LogP contribution in [0, 0.1) is 0 Å². The molecule has 0 spiro atoms. The van der Waals surface area contributed by atoms with Crippen LogP contribution in [0.25, 0.3) is 0 Å². The average molecular weight is 333 g/mol. The average Bonchev–Trinajstić information content (AvgIpc) is 2.55. The predicted octanol–water partition coefficient (Wildman–Crippen LogP) is 4.38. The van der Waals surface area contributed by atoms with Crippen molar-refractivity contribution >= 4 is 5.91 Å². The van der Waals surface area contributed by atoms with Gasteiger partial charge in [0.2, 0.25) is 0 Å². The van der Waals surface area contributed by atoms with E-state index in [0.29, 0.717) is 18.0 Å². The summed E-state index contributed by atoms with van der Waals surface area (Å²) in [6.45, 7) is 1.93. The Morgan fingerprint density at radius 1 is 1.04 bits per heavy atom. The monoisotopic (exact) mass is 333 g/mol. The quantitative estimate of drug-likeness (QED) is 0.816. The van der Waals surface area contributed by atoms with Crippen molar-refractivity contribution in [3.63, 3.8) is 0 Å². The van der Waals surface area contributed by atoms with Crippen LogP contribution in [0.3, 0.4) is 0 Å². The van der Waals surface area contributed by atoms with E-state index in [9.17, 15) is 13.6 Å². The van der Waals surface area contributed by atoms with E-state index in [0.717, 1.165) is 12.0 Å². The number of benzene rings is 2. The number of hydrogen-bond acceptors (Lipinski definition) is 2. The van der Waals surface area contributed by atoms with Crippen molar-refractivity contribution < 1.29 is 18.3 Å². The van der Waals surface area contributed by atoms with Gasteiger partial charge in [-0.2, -0.15) is 8.78 Å². The Morgan fingerprint density at radius 3 is 2.21 bits per heavy atom. The van der Waals surface area contributed by atoms with Crippen LogP contribution < -0.4 is 10.1 Å². The standard InChI is InChI=1S/C19H21F2NO2/c1-13(2)15-5-3-14(4-6-15)11-12-22-18(23)16-7-9-17(10-8-16)24-19(20)21/h3-10,13,19H,11-12H2,1-2H3,(H,22,23). The molecule has 0 saturated heterocycles. The zero-order valence-electron chi connectivity index (χ0n) is 13.8. The molecule has 0 bridgehead atoms. The highest BCUT2D eigenvalue weighted by atomic mass is 19.3. The van der Waals surface area contributed by atoms with Crippen molar-refractivity contribution in [3.05, 3.63) is 65.2 Å². The minimum atomic E-state index is -2.87. The van der Waals surface area contributed by atoms with Gasteiger partial charge in [-0.05, 0) is 47.7 Å². The van der Waals surface area contributed by atoms with E-state index < -0.39 is 6.61 Å². The first-order valence-electron chi connectivity index (χ1n) is 7.87. The lowest BCUT2D eigenvalue weighted by atomic mass is 10.0. The predicted molar refractivity (Wildman–Crippen MR) is 89.6 cm³/mol. The Balaban J connectivity index is 1.82. The topological polar surface area (TPSA) is 38.3 Å². The number of carbonyl (C=O) groups is 1. The molecule has 24 heavy (non-hydrogen) atoms. The number of rotatable bonds is 7. The Labute approximate surface area is 140 Å². The van der Waals surface area contributed by atoms with Crippen LogP contribution in [0.5, 0.6) is 5.75 Å². The van der Waals surface area contributed by atoms with Crippen molar-refractivity contribution in [2.45, 2.75) is 32.8 Å². The molecular formula is C19H21F2NO2. The molecule has 0 aliphatic rings. The lowest BCUT2D eigenvalue weighted by Crippen LogP contribution is -2.25. The van der Waals surface area contributed by atoms with Crippen LogP contribution >= 0.6 is 0 Å². The van der Waals surface area contributed by atoms with Crippen LogP contribution in [0.1, 0.15) is 41.3 Å². The third-order valence-electron chi connectivity index (χ3n) is 3.69. The minimum absolute atomic E-state index is 0.0341. The van der Waals surface area contributed by atoms with Gasteiger partial charge in [-0.25, -0.2) is 0 Å². The van der Waals surface area contributed by atoms with Crippen molar-refractivity contribution in [1.29, 1.82) is 0 Å². The first-order chi connectivity index (χ1) is 11.5. The molecule has 1 amide bonds. The van der Waals surface area contributed by atoms with Crippen LogP contribution in [0.4, 0.5) is 8.78 Å². The first kappa shape index (κ1) is 17.9. The second kappa shape index (κ2) is 8.43. The molecular weight excluding hydrogens is 312 g/mol. The van der Waals surface area contributed by atoms with E-state index >= 15 is 0 Å². The molecule has 2 aromatic carbocycles. The van der Waals surface area contributed by atoms with Gasteiger partial charge >= 0.3 is 6.61 Å². The summed E-state index contributed by atoms with van der Waals surface area (Å²) >= 11 is 0. The van der Waals surface area contributed by atoms with Crippen LogP contribution in [-0.2, 0) is 6.42 Å². The highest BCUT2D eigenvalue weighted by molar-refractivity contribution is 5.94. The second-order valence-corrected chi connectivity index (χ2v) is 5.81. The number of nitrogens with one attached hydrogen (secondary N) is 1. The first-order valence-corrected chi connectivity index (χ1v) is 7.87. The maximum Gasteiger partial charge on any atom is 0.387 e. The molecule has 0 unspecified atom stereocenters.